The quantitative estimate of drug-likeness (QED) is 0.870. The Labute approximate surface area is 128 Å². The summed E-state index contributed by atoms with van der Waals surface area (Å²) in [4.78, 5) is 2.56. The van der Waals surface area contributed by atoms with Crippen molar-refractivity contribution in [2.75, 3.05) is 7.05 Å². The highest BCUT2D eigenvalue weighted by molar-refractivity contribution is 7.07. The largest absolute Gasteiger partial charge is 0.326 e. The Morgan fingerprint density at radius 2 is 2.05 bits per heavy atom. The van der Waals surface area contributed by atoms with Crippen LogP contribution in [0.2, 0.25) is 0 Å². The van der Waals surface area contributed by atoms with Gasteiger partial charge >= 0.3 is 0 Å². The van der Waals surface area contributed by atoms with Crippen LogP contribution in [0.15, 0.2) is 16.8 Å². The van der Waals surface area contributed by atoms with Crippen LogP contribution in [0.3, 0.4) is 0 Å². The first kappa shape index (κ1) is 16.0. The predicted octanol–water partition coefficient (Wildman–Crippen LogP) is 4.43. The van der Waals surface area contributed by atoms with Gasteiger partial charge in [0.25, 0.3) is 0 Å². The Morgan fingerprint density at radius 3 is 2.55 bits per heavy atom. The highest BCUT2D eigenvalue weighted by atomic mass is 32.1. The lowest BCUT2D eigenvalue weighted by Crippen LogP contribution is -2.45. The number of hydrogen-bond acceptors (Lipinski definition) is 3. The maximum atomic E-state index is 6.43. The molecule has 1 aliphatic carbocycles. The molecule has 0 amide bonds. The van der Waals surface area contributed by atoms with Crippen molar-refractivity contribution in [3.63, 3.8) is 0 Å². The van der Waals surface area contributed by atoms with Crippen LogP contribution >= 0.6 is 11.3 Å². The second-order valence-corrected chi connectivity index (χ2v) is 7.91. The Morgan fingerprint density at radius 1 is 1.40 bits per heavy atom. The highest BCUT2D eigenvalue weighted by Crippen LogP contribution is 2.39. The number of hydrogen-bond donors (Lipinski definition) is 1. The minimum Gasteiger partial charge on any atom is -0.326 e. The monoisotopic (exact) mass is 294 g/mol. The van der Waals surface area contributed by atoms with Gasteiger partial charge in [-0.05, 0) is 67.0 Å². The summed E-state index contributed by atoms with van der Waals surface area (Å²) in [6.07, 6.45) is 6.31. The van der Waals surface area contributed by atoms with Gasteiger partial charge in [-0.25, -0.2) is 0 Å². The Kier molecular flexibility index (Phi) is 5.27. The molecule has 0 spiro atoms. The number of rotatable bonds is 5. The van der Waals surface area contributed by atoms with Gasteiger partial charge in [0.2, 0.25) is 0 Å². The van der Waals surface area contributed by atoms with Crippen LogP contribution in [0.25, 0.3) is 0 Å². The lowest BCUT2D eigenvalue weighted by atomic mass is 9.75. The number of nitrogens with zero attached hydrogens (tertiary/aromatic N) is 1. The smallest absolute Gasteiger partial charge is 0.0507 e. The third kappa shape index (κ3) is 3.63. The highest BCUT2D eigenvalue weighted by Gasteiger charge is 2.33. The molecule has 1 saturated carbocycles. The lowest BCUT2D eigenvalue weighted by molar-refractivity contribution is 0.0828. The van der Waals surface area contributed by atoms with E-state index in [1.54, 1.807) is 11.3 Å². The average Bonchev–Trinajstić information content (AvgIpc) is 2.92. The van der Waals surface area contributed by atoms with Gasteiger partial charge in [0, 0.05) is 12.1 Å². The fourth-order valence-corrected chi connectivity index (χ4v) is 4.16. The molecule has 0 radical (unpaired) electrons. The van der Waals surface area contributed by atoms with E-state index in [0.29, 0.717) is 17.5 Å². The molecule has 2 atom stereocenters. The van der Waals surface area contributed by atoms with E-state index >= 15 is 0 Å². The summed E-state index contributed by atoms with van der Waals surface area (Å²) in [6.45, 7) is 7.00. The fraction of sp³-hybridized carbons (Fsp3) is 0.765. The molecular formula is C17H30N2S. The molecule has 0 aromatic carbocycles. The molecule has 3 heteroatoms. The van der Waals surface area contributed by atoms with Crippen molar-refractivity contribution in [1.82, 2.24) is 4.90 Å². The summed E-state index contributed by atoms with van der Waals surface area (Å²) in [7, 11) is 2.28. The van der Waals surface area contributed by atoms with E-state index < -0.39 is 0 Å². The molecule has 0 saturated heterocycles. The van der Waals surface area contributed by atoms with Crippen LogP contribution in [0.5, 0.6) is 0 Å². The zero-order valence-corrected chi connectivity index (χ0v) is 14.2. The van der Waals surface area contributed by atoms with Crippen molar-refractivity contribution in [2.24, 2.45) is 11.1 Å². The summed E-state index contributed by atoms with van der Waals surface area (Å²) in [5.74, 6) is 0. The Hall–Kier alpha value is -0.380. The lowest BCUT2D eigenvalue weighted by Gasteiger charge is -2.43. The molecule has 1 aromatic heterocycles. The van der Waals surface area contributed by atoms with Crippen molar-refractivity contribution < 1.29 is 0 Å². The van der Waals surface area contributed by atoms with Gasteiger partial charge in [-0.3, -0.25) is 4.90 Å². The summed E-state index contributed by atoms with van der Waals surface area (Å²) < 4.78 is 0. The third-order valence-corrected chi connectivity index (χ3v) is 5.79. The van der Waals surface area contributed by atoms with Crippen molar-refractivity contribution in [3.8, 4) is 0 Å². The van der Waals surface area contributed by atoms with E-state index in [-0.39, 0.29) is 6.04 Å². The van der Waals surface area contributed by atoms with Gasteiger partial charge in [0.1, 0.15) is 0 Å². The van der Waals surface area contributed by atoms with Gasteiger partial charge in [-0.2, -0.15) is 11.3 Å². The average molecular weight is 295 g/mol. The van der Waals surface area contributed by atoms with Crippen LogP contribution in [0.4, 0.5) is 0 Å². The number of thiophene rings is 1. The first-order chi connectivity index (χ1) is 9.44. The van der Waals surface area contributed by atoms with Crippen molar-refractivity contribution in [1.29, 1.82) is 0 Å². The van der Waals surface area contributed by atoms with Crippen molar-refractivity contribution in [3.05, 3.63) is 22.4 Å². The molecule has 1 aromatic rings. The molecule has 2 N–H and O–H groups in total. The SMILES string of the molecule is CCC(N)C(c1ccsc1)N(C)C1CCC(C)(C)CC1. The molecule has 114 valence electrons. The van der Waals surface area contributed by atoms with Crippen molar-refractivity contribution in [2.45, 2.75) is 71.0 Å². The molecule has 0 bridgehead atoms. The van der Waals surface area contributed by atoms with E-state index in [0.717, 1.165) is 6.42 Å². The molecular weight excluding hydrogens is 264 g/mol. The Balaban J connectivity index is 2.09. The van der Waals surface area contributed by atoms with Gasteiger partial charge in [-0.15, -0.1) is 0 Å². The fourth-order valence-electron chi connectivity index (χ4n) is 3.47. The van der Waals surface area contributed by atoms with E-state index in [1.165, 1.54) is 31.2 Å². The minimum absolute atomic E-state index is 0.226. The van der Waals surface area contributed by atoms with Crippen LogP contribution in [0, 0.1) is 5.41 Å². The molecule has 2 unspecified atom stereocenters. The zero-order valence-electron chi connectivity index (χ0n) is 13.4. The second-order valence-electron chi connectivity index (χ2n) is 7.13. The minimum atomic E-state index is 0.226. The van der Waals surface area contributed by atoms with Crippen molar-refractivity contribution >= 4 is 11.3 Å². The van der Waals surface area contributed by atoms with E-state index in [9.17, 15) is 0 Å². The maximum Gasteiger partial charge on any atom is 0.0507 e. The van der Waals surface area contributed by atoms with Crippen LogP contribution in [0.1, 0.15) is 64.5 Å². The number of nitrogens with two attached hydrogens (primary N) is 1. The first-order valence-corrected chi connectivity index (χ1v) is 8.88. The Bertz CT molecular complexity index is 389. The summed E-state index contributed by atoms with van der Waals surface area (Å²) >= 11 is 1.78. The molecule has 0 aliphatic heterocycles. The summed E-state index contributed by atoms with van der Waals surface area (Å²) in [5.41, 5.74) is 8.36. The van der Waals surface area contributed by atoms with Gasteiger partial charge in [0.05, 0.1) is 6.04 Å². The molecule has 2 rings (SSSR count). The van der Waals surface area contributed by atoms with Gasteiger partial charge in [0.15, 0.2) is 0 Å². The van der Waals surface area contributed by atoms with E-state index in [4.69, 9.17) is 5.73 Å². The van der Waals surface area contributed by atoms with Gasteiger partial charge < -0.3 is 5.73 Å². The normalized spacial score (nSPS) is 22.9. The third-order valence-electron chi connectivity index (χ3n) is 5.09. The predicted molar refractivity (Wildman–Crippen MR) is 89.1 cm³/mol. The molecule has 20 heavy (non-hydrogen) atoms. The summed E-state index contributed by atoms with van der Waals surface area (Å²) in [6, 6.07) is 3.53. The second kappa shape index (κ2) is 6.59. The molecule has 1 aliphatic rings. The molecule has 1 fully saturated rings. The topological polar surface area (TPSA) is 29.3 Å². The zero-order chi connectivity index (χ0) is 14.8. The number of likely N-dealkylation sites (N-methyl/N-ethyl adjacent to an activating group) is 1. The van der Waals surface area contributed by atoms with Crippen LogP contribution < -0.4 is 5.73 Å². The first-order valence-electron chi connectivity index (χ1n) is 7.94. The molecule has 2 nitrogen and oxygen atoms in total. The van der Waals surface area contributed by atoms with Crippen LogP contribution in [-0.2, 0) is 0 Å². The van der Waals surface area contributed by atoms with E-state index in [1.807, 2.05) is 0 Å². The standard InChI is InChI=1S/C17H30N2S/c1-5-15(18)16(13-8-11-20-12-13)19(4)14-6-9-17(2,3)10-7-14/h8,11-12,14-16H,5-7,9-10,18H2,1-4H3. The van der Waals surface area contributed by atoms with E-state index in [2.05, 4.69) is 49.5 Å². The maximum absolute atomic E-state index is 6.43. The van der Waals surface area contributed by atoms with Gasteiger partial charge in [-0.1, -0.05) is 20.8 Å². The molecule has 1 heterocycles. The van der Waals surface area contributed by atoms with Crippen LogP contribution in [-0.4, -0.2) is 24.0 Å². The summed E-state index contributed by atoms with van der Waals surface area (Å²) in [5, 5.41) is 4.44.